The van der Waals surface area contributed by atoms with Gasteiger partial charge in [0.05, 0.1) is 4.92 Å². The van der Waals surface area contributed by atoms with Gasteiger partial charge >= 0.3 is 0 Å². The molecule has 0 amide bonds. The van der Waals surface area contributed by atoms with Gasteiger partial charge in [-0.2, -0.15) is 0 Å². The van der Waals surface area contributed by atoms with E-state index in [4.69, 9.17) is 0 Å². The van der Waals surface area contributed by atoms with E-state index in [0.29, 0.717) is 17.9 Å². The number of hydrogen-bond donors (Lipinski definition) is 1. The van der Waals surface area contributed by atoms with Crippen molar-refractivity contribution < 1.29 is 9.31 Å². The second kappa shape index (κ2) is 6.21. The Balaban J connectivity index is 2.41. The van der Waals surface area contributed by atoms with Crippen LogP contribution in [0.2, 0.25) is 0 Å². The van der Waals surface area contributed by atoms with E-state index in [0.717, 1.165) is 5.69 Å². The number of benzene rings is 2. The van der Waals surface area contributed by atoms with Gasteiger partial charge in [-0.1, -0.05) is 0 Å². The van der Waals surface area contributed by atoms with E-state index in [9.17, 15) is 14.5 Å². The molecule has 21 heavy (non-hydrogen) atoms. The third kappa shape index (κ3) is 3.47. The van der Waals surface area contributed by atoms with Gasteiger partial charge in [0.1, 0.15) is 5.82 Å². The molecule has 0 aliphatic rings. The van der Waals surface area contributed by atoms with Crippen molar-refractivity contribution in [3.63, 3.8) is 0 Å². The van der Waals surface area contributed by atoms with Gasteiger partial charge in [-0.25, -0.2) is 4.39 Å². The van der Waals surface area contributed by atoms with Gasteiger partial charge in [-0.05, 0) is 37.3 Å². The Bertz CT molecular complexity index is 644. The predicted octanol–water partition coefficient (Wildman–Crippen LogP) is 3.93. The third-order valence-electron chi connectivity index (χ3n) is 3.10. The molecule has 2 aromatic rings. The van der Waals surface area contributed by atoms with E-state index in [1.54, 1.807) is 24.1 Å². The fourth-order valence-corrected chi connectivity index (χ4v) is 2.01. The smallest absolute Gasteiger partial charge is 0.273 e. The maximum absolute atomic E-state index is 13.0. The highest BCUT2D eigenvalue weighted by Crippen LogP contribution is 2.30. The summed E-state index contributed by atoms with van der Waals surface area (Å²) in [7, 11) is 1.78. The lowest BCUT2D eigenvalue weighted by molar-refractivity contribution is -0.384. The lowest BCUT2D eigenvalue weighted by Gasteiger charge is -2.20. The molecule has 0 aliphatic carbocycles. The molecule has 0 radical (unpaired) electrons. The Hall–Kier alpha value is -2.63. The number of nitro groups is 1. The van der Waals surface area contributed by atoms with Crippen LogP contribution in [-0.4, -0.2) is 18.5 Å². The van der Waals surface area contributed by atoms with Crippen molar-refractivity contribution in [2.75, 3.05) is 23.8 Å². The van der Waals surface area contributed by atoms with Crippen molar-refractivity contribution in [1.29, 1.82) is 0 Å². The Labute approximate surface area is 122 Å². The van der Waals surface area contributed by atoms with E-state index in [1.807, 2.05) is 13.0 Å². The maximum atomic E-state index is 13.0. The highest BCUT2D eigenvalue weighted by molar-refractivity contribution is 5.70. The fraction of sp³-hybridized carbons (Fsp3) is 0.200. The van der Waals surface area contributed by atoms with E-state index in [1.165, 1.54) is 24.3 Å². The van der Waals surface area contributed by atoms with E-state index in [-0.39, 0.29) is 11.5 Å². The maximum Gasteiger partial charge on any atom is 0.273 e. The number of anilines is 3. The van der Waals surface area contributed by atoms with Gasteiger partial charge in [-0.3, -0.25) is 10.1 Å². The summed E-state index contributed by atoms with van der Waals surface area (Å²) in [6, 6.07) is 10.8. The highest BCUT2D eigenvalue weighted by Gasteiger charge is 2.13. The molecule has 110 valence electrons. The molecule has 0 aliphatic heterocycles. The van der Waals surface area contributed by atoms with Crippen LogP contribution < -0.4 is 10.2 Å². The average molecular weight is 289 g/mol. The first-order valence-corrected chi connectivity index (χ1v) is 6.54. The number of nitro benzene ring substituents is 1. The zero-order valence-electron chi connectivity index (χ0n) is 11.8. The highest BCUT2D eigenvalue weighted by atomic mass is 19.1. The first-order valence-electron chi connectivity index (χ1n) is 6.54. The molecule has 0 unspecified atom stereocenters. The topological polar surface area (TPSA) is 58.4 Å². The van der Waals surface area contributed by atoms with Gasteiger partial charge in [0.15, 0.2) is 0 Å². The lowest BCUT2D eigenvalue weighted by Crippen LogP contribution is -2.10. The quantitative estimate of drug-likeness (QED) is 0.669. The van der Waals surface area contributed by atoms with Gasteiger partial charge in [-0.15, -0.1) is 0 Å². The number of nitrogens with one attached hydrogen (secondary N) is 1. The molecule has 0 saturated carbocycles. The van der Waals surface area contributed by atoms with Gasteiger partial charge in [0, 0.05) is 42.8 Å². The molecule has 0 saturated heterocycles. The molecule has 0 aromatic heterocycles. The van der Waals surface area contributed by atoms with Crippen LogP contribution in [0, 0.1) is 15.9 Å². The van der Waals surface area contributed by atoms with Crippen LogP contribution in [0.1, 0.15) is 6.92 Å². The van der Waals surface area contributed by atoms with Crippen LogP contribution in [0.5, 0.6) is 0 Å². The first kappa shape index (κ1) is 14.8. The number of non-ortho nitro benzene ring substituents is 1. The summed E-state index contributed by atoms with van der Waals surface area (Å²) in [6.45, 7) is 2.59. The Kier molecular flexibility index (Phi) is 4.37. The van der Waals surface area contributed by atoms with E-state index >= 15 is 0 Å². The summed E-state index contributed by atoms with van der Waals surface area (Å²) in [6.07, 6.45) is 0. The minimum absolute atomic E-state index is 0.0115. The minimum atomic E-state index is -0.428. The van der Waals surface area contributed by atoms with Crippen LogP contribution in [0.25, 0.3) is 0 Å². The minimum Gasteiger partial charge on any atom is -0.385 e. The van der Waals surface area contributed by atoms with Gasteiger partial charge in [0.2, 0.25) is 0 Å². The van der Waals surface area contributed by atoms with Crippen molar-refractivity contribution in [3.05, 3.63) is 58.4 Å². The molecule has 2 rings (SSSR count). The van der Waals surface area contributed by atoms with Crippen molar-refractivity contribution in [2.24, 2.45) is 0 Å². The summed E-state index contributed by atoms with van der Waals surface area (Å²) in [5, 5.41) is 14.1. The number of rotatable bonds is 5. The van der Waals surface area contributed by atoms with Crippen molar-refractivity contribution in [3.8, 4) is 0 Å². The second-order valence-electron chi connectivity index (χ2n) is 4.56. The van der Waals surface area contributed by atoms with Gasteiger partial charge in [0.25, 0.3) is 5.69 Å². The molecule has 0 bridgehead atoms. The van der Waals surface area contributed by atoms with Crippen LogP contribution in [-0.2, 0) is 0 Å². The van der Waals surface area contributed by atoms with E-state index in [2.05, 4.69) is 5.32 Å². The van der Waals surface area contributed by atoms with Crippen LogP contribution in [0.3, 0.4) is 0 Å². The molecule has 0 heterocycles. The molecule has 2 aromatic carbocycles. The van der Waals surface area contributed by atoms with Gasteiger partial charge < -0.3 is 10.2 Å². The Morgan fingerprint density at radius 1 is 1.19 bits per heavy atom. The zero-order chi connectivity index (χ0) is 15.4. The van der Waals surface area contributed by atoms with E-state index < -0.39 is 4.92 Å². The zero-order valence-corrected chi connectivity index (χ0v) is 11.8. The molecule has 6 heteroatoms. The third-order valence-corrected chi connectivity index (χ3v) is 3.10. The predicted molar refractivity (Wildman–Crippen MR) is 81.7 cm³/mol. The van der Waals surface area contributed by atoms with Crippen molar-refractivity contribution in [1.82, 2.24) is 0 Å². The summed E-state index contributed by atoms with van der Waals surface area (Å²) in [5.41, 5.74) is 2.10. The molecule has 0 spiro atoms. The van der Waals surface area contributed by atoms with Crippen LogP contribution >= 0.6 is 0 Å². The Morgan fingerprint density at radius 2 is 1.86 bits per heavy atom. The monoisotopic (exact) mass is 289 g/mol. The molecule has 0 fully saturated rings. The number of nitrogens with zero attached hydrogens (tertiary/aromatic N) is 2. The second-order valence-corrected chi connectivity index (χ2v) is 4.56. The van der Waals surface area contributed by atoms with Crippen LogP contribution in [0.4, 0.5) is 27.1 Å². The summed E-state index contributed by atoms with van der Waals surface area (Å²) in [4.78, 5) is 12.4. The van der Waals surface area contributed by atoms with Crippen molar-refractivity contribution >= 4 is 22.7 Å². The standard InChI is InChI=1S/C15H16FN3O2/c1-3-17-12-8-14(10-15(9-12)19(20)21)18(2)13-6-4-11(16)5-7-13/h4-10,17H,3H2,1-2H3. The molecule has 5 nitrogen and oxygen atoms in total. The number of hydrogen-bond acceptors (Lipinski definition) is 4. The first-order chi connectivity index (χ1) is 10.0. The average Bonchev–Trinajstić information content (AvgIpc) is 2.47. The normalized spacial score (nSPS) is 10.2. The molecular weight excluding hydrogens is 273 g/mol. The van der Waals surface area contributed by atoms with Crippen molar-refractivity contribution in [2.45, 2.75) is 6.92 Å². The lowest BCUT2D eigenvalue weighted by atomic mass is 10.2. The summed E-state index contributed by atoms with van der Waals surface area (Å²) < 4.78 is 13.0. The molecular formula is C15H16FN3O2. The SMILES string of the molecule is CCNc1cc(N(C)c2ccc(F)cc2)cc([N+](=O)[O-])c1. The molecule has 1 N–H and O–H groups in total. The summed E-state index contributed by atoms with van der Waals surface area (Å²) in [5.74, 6) is -0.320. The Morgan fingerprint density at radius 3 is 2.43 bits per heavy atom. The molecule has 0 atom stereocenters. The van der Waals surface area contributed by atoms with Crippen LogP contribution in [0.15, 0.2) is 42.5 Å². The number of halogens is 1. The largest absolute Gasteiger partial charge is 0.385 e. The summed E-state index contributed by atoms with van der Waals surface area (Å²) >= 11 is 0. The fourth-order valence-electron chi connectivity index (χ4n) is 2.01.